The van der Waals surface area contributed by atoms with Crippen molar-refractivity contribution in [2.45, 2.75) is 6.42 Å². The van der Waals surface area contributed by atoms with Gasteiger partial charge in [0.2, 0.25) is 0 Å². The standard InChI is InChI=1S/C24H25N5O3/c1-28-21-5-3-2-4-17(21)18(15-23(28)30)24(31)25-16-6-7-19-20(14-16)27-22(26-19)8-9-29-10-12-32-13-11-29/h2-7,14-15H,8-13H2,1H3,(H,25,31)(H,26,27). The van der Waals surface area contributed by atoms with Crippen molar-refractivity contribution in [3.63, 3.8) is 0 Å². The van der Waals surface area contributed by atoms with Crippen LogP contribution in [0.2, 0.25) is 0 Å². The van der Waals surface area contributed by atoms with E-state index < -0.39 is 0 Å². The number of nitrogens with zero attached hydrogens (tertiary/aromatic N) is 3. The molecule has 32 heavy (non-hydrogen) atoms. The van der Waals surface area contributed by atoms with Crippen molar-refractivity contribution in [2.24, 2.45) is 7.05 Å². The molecule has 1 fully saturated rings. The minimum atomic E-state index is -0.315. The van der Waals surface area contributed by atoms with Crippen molar-refractivity contribution in [1.29, 1.82) is 0 Å². The fourth-order valence-corrected chi connectivity index (χ4v) is 4.14. The maximum absolute atomic E-state index is 13.0. The average Bonchev–Trinajstić information content (AvgIpc) is 3.23. The SMILES string of the molecule is Cn1c(=O)cc(C(=O)Nc2ccc3nc(CCN4CCOCC4)[nH]c3c2)c2ccccc21. The Bertz CT molecular complexity index is 1350. The van der Waals surface area contributed by atoms with E-state index in [1.54, 1.807) is 11.6 Å². The van der Waals surface area contributed by atoms with Gasteiger partial charge in [-0.05, 0) is 24.3 Å². The number of carbonyl (C=O) groups is 1. The van der Waals surface area contributed by atoms with E-state index in [0.29, 0.717) is 11.3 Å². The first-order valence-electron chi connectivity index (χ1n) is 10.8. The van der Waals surface area contributed by atoms with Crippen molar-refractivity contribution in [1.82, 2.24) is 19.4 Å². The number of amides is 1. The lowest BCUT2D eigenvalue weighted by molar-refractivity contribution is 0.0382. The number of hydrogen-bond donors (Lipinski definition) is 2. The molecule has 1 aliphatic heterocycles. The van der Waals surface area contributed by atoms with Gasteiger partial charge >= 0.3 is 0 Å². The fourth-order valence-electron chi connectivity index (χ4n) is 4.14. The Balaban J connectivity index is 1.35. The molecule has 0 atom stereocenters. The quantitative estimate of drug-likeness (QED) is 0.507. The van der Waals surface area contributed by atoms with Gasteiger partial charge in [0.15, 0.2) is 0 Å². The summed E-state index contributed by atoms with van der Waals surface area (Å²) in [6.07, 6.45) is 0.829. The van der Waals surface area contributed by atoms with Gasteiger partial charge in [-0.1, -0.05) is 18.2 Å². The zero-order chi connectivity index (χ0) is 22.1. The number of ether oxygens (including phenoxy) is 1. The molecular weight excluding hydrogens is 406 g/mol. The Hall–Kier alpha value is -3.49. The van der Waals surface area contributed by atoms with Gasteiger partial charge in [0.05, 0.1) is 35.3 Å². The third kappa shape index (κ3) is 4.02. The number of H-pyrrole nitrogens is 1. The number of morpholine rings is 1. The first kappa shape index (κ1) is 20.4. The van der Waals surface area contributed by atoms with Crippen LogP contribution in [0.15, 0.2) is 53.3 Å². The van der Waals surface area contributed by atoms with Crippen molar-refractivity contribution in [2.75, 3.05) is 38.2 Å². The molecule has 0 aliphatic carbocycles. The van der Waals surface area contributed by atoms with Crippen molar-refractivity contribution in [3.8, 4) is 0 Å². The number of rotatable bonds is 5. The van der Waals surface area contributed by atoms with Gasteiger partial charge in [-0.15, -0.1) is 0 Å². The molecule has 2 aromatic heterocycles. The molecule has 0 unspecified atom stereocenters. The minimum absolute atomic E-state index is 0.220. The molecule has 2 N–H and O–H groups in total. The molecule has 3 heterocycles. The molecular formula is C24H25N5O3. The summed E-state index contributed by atoms with van der Waals surface area (Å²) in [5.74, 6) is 0.609. The molecule has 0 bridgehead atoms. The van der Waals surface area contributed by atoms with E-state index in [4.69, 9.17) is 4.74 Å². The van der Waals surface area contributed by atoms with Gasteiger partial charge in [0.25, 0.3) is 11.5 Å². The van der Waals surface area contributed by atoms with Gasteiger partial charge < -0.3 is 19.6 Å². The molecule has 8 heteroatoms. The molecule has 164 valence electrons. The summed E-state index contributed by atoms with van der Waals surface area (Å²) in [5.41, 5.74) is 3.24. The molecule has 1 aliphatic rings. The predicted molar refractivity (Wildman–Crippen MR) is 124 cm³/mol. The van der Waals surface area contributed by atoms with E-state index in [-0.39, 0.29) is 11.5 Å². The summed E-state index contributed by atoms with van der Waals surface area (Å²) in [7, 11) is 1.70. The number of anilines is 1. The number of nitrogens with one attached hydrogen (secondary N) is 2. The van der Waals surface area contributed by atoms with E-state index >= 15 is 0 Å². The van der Waals surface area contributed by atoms with Crippen LogP contribution in [0.4, 0.5) is 5.69 Å². The zero-order valence-electron chi connectivity index (χ0n) is 17.9. The molecule has 1 saturated heterocycles. The van der Waals surface area contributed by atoms with Crippen molar-refractivity contribution >= 4 is 33.5 Å². The average molecular weight is 431 g/mol. The molecule has 2 aromatic carbocycles. The van der Waals surface area contributed by atoms with Crippen LogP contribution in [0.5, 0.6) is 0 Å². The summed E-state index contributed by atoms with van der Waals surface area (Å²) in [6.45, 7) is 4.40. The van der Waals surface area contributed by atoms with Crippen molar-refractivity contribution < 1.29 is 9.53 Å². The summed E-state index contributed by atoms with van der Waals surface area (Å²) < 4.78 is 6.94. The van der Waals surface area contributed by atoms with Crippen LogP contribution < -0.4 is 10.9 Å². The normalized spacial score (nSPS) is 14.8. The molecule has 0 saturated carbocycles. The summed E-state index contributed by atoms with van der Waals surface area (Å²) in [4.78, 5) is 35.7. The van der Waals surface area contributed by atoms with Crippen LogP contribution in [-0.4, -0.2) is 58.2 Å². The lowest BCUT2D eigenvalue weighted by atomic mass is 10.1. The Morgan fingerprint density at radius 3 is 2.81 bits per heavy atom. The van der Waals surface area contributed by atoms with Crippen LogP contribution in [0.3, 0.4) is 0 Å². The highest BCUT2D eigenvalue weighted by Gasteiger charge is 2.15. The summed E-state index contributed by atoms with van der Waals surface area (Å²) in [5, 5.41) is 3.66. The van der Waals surface area contributed by atoms with Crippen LogP contribution in [0, 0.1) is 0 Å². The smallest absolute Gasteiger partial charge is 0.256 e. The Kier molecular flexibility index (Phi) is 5.46. The number of carbonyl (C=O) groups excluding carboxylic acids is 1. The first-order valence-corrected chi connectivity index (χ1v) is 10.8. The molecule has 1 amide bonds. The highest BCUT2D eigenvalue weighted by atomic mass is 16.5. The van der Waals surface area contributed by atoms with E-state index in [1.165, 1.54) is 6.07 Å². The van der Waals surface area contributed by atoms with Gasteiger partial charge in [0, 0.05) is 50.2 Å². The molecule has 5 rings (SSSR count). The third-order valence-electron chi connectivity index (χ3n) is 5.96. The van der Waals surface area contributed by atoms with Gasteiger partial charge in [-0.3, -0.25) is 14.5 Å². The highest BCUT2D eigenvalue weighted by molar-refractivity contribution is 6.12. The number of aromatic amines is 1. The largest absolute Gasteiger partial charge is 0.379 e. The fraction of sp³-hybridized carbons (Fsp3) is 0.292. The van der Waals surface area contributed by atoms with Crippen LogP contribution >= 0.6 is 0 Å². The lowest BCUT2D eigenvalue weighted by Gasteiger charge is -2.25. The number of pyridine rings is 1. The summed E-state index contributed by atoms with van der Waals surface area (Å²) >= 11 is 0. The zero-order valence-corrected chi connectivity index (χ0v) is 17.9. The molecule has 0 radical (unpaired) electrons. The number of aryl methyl sites for hydroxylation is 1. The number of benzene rings is 2. The van der Waals surface area contributed by atoms with Gasteiger partial charge in [-0.25, -0.2) is 4.98 Å². The third-order valence-corrected chi connectivity index (χ3v) is 5.96. The Morgan fingerprint density at radius 2 is 1.97 bits per heavy atom. The van der Waals surface area contributed by atoms with Crippen molar-refractivity contribution in [3.05, 3.63) is 70.3 Å². The minimum Gasteiger partial charge on any atom is -0.379 e. The maximum Gasteiger partial charge on any atom is 0.256 e. The number of aromatic nitrogens is 3. The number of fused-ring (bicyclic) bond motifs is 2. The second-order valence-electron chi connectivity index (χ2n) is 8.05. The van der Waals surface area contributed by atoms with E-state index in [0.717, 1.165) is 67.0 Å². The van der Waals surface area contributed by atoms with Crippen LogP contribution in [0.25, 0.3) is 21.9 Å². The monoisotopic (exact) mass is 431 g/mol. The maximum atomic E-state index is 13.0. The first-order chi connectivity index (χ1) is 15.6. The molecule has 0 spiro atoms. The number of para-hydroxylation sites is 1. The number of imidazole rings is 1. The van der Waals surface area contributed by atoms with E-state index in [1.807, 2.05) is 42.5 Å². The van der Waals surface area contributed by atoms with E-state index in [2.05, 4.69) is 20.2 Å². The Labute approximate surface area is 184 Å². The van der Waals surface area contributed by atoms with E-state index in [9.17, 15) is 9.59 Å². The topological polar surface area (TPSA) is 92.2 Å². The van der Waals surface area contributed by atoms with Gasteiger partial charge in [-0.2, -0.15) is 0 Å². The second-order valence-corrected chi connectivity index (χ2v) is 8.05. The Morgan fingerprint density at radius 1 is 1.16 bits per heavy atom. The highest BCUT2D eigenvalue weighted by Crippen LogP contribution is 2.21. The second kappa shape index (κ2) is 8.57. The van der Waals surface area contributed by atoms with Gasteiger partial charge in [0.1, 0.15) is 5.82 Å². The summed E-state index contributed by atoms with van der Waals surface area (Å²) in [6, 6.07) is 14.4. The predicted octanol–water partition coefficient (Wildman–Crippen LogP) is 2.54. The van der Waals surface area contributed by atoms with Crippen LogP contribution in [0.1, 0.15) is 16.2 Å². The van der Waals surface area contributed by atoms with Crippen LogP contribution in [-0.2, 0) is 18.2 Å². The number of hydrogen-bond acceptors (Lipinski definition) is 5. The molecule has 4 aromatic rings. The lowest BCUT2D eigenvalue weighted by Crippen LogP contribution is -2.37. The molecule has 8 nitrogen and oxygen atoms in total.